The van der Waals surface area contributed by atoms with Crippen molar-refractivity contribution in [1.82, 2.24) is 16.2 Å². The van der Waals surface area contributed by atoms with E-state index >= 15 is 0 Å². The van der Waals surface area contributed by atoms with Crippen LogP contribution in [0.1, 0.15) is 0 Å². The minimum Gasteiger partial charge on any atom is -0.481 e. The Labute approximate surface area is 62.5 Å². The molecular formula is C4H9N3O2S. The molecule has 4 N–H and O–H groups in total. The molecule has 10 heavy (non-hydrogen) atoms. The SMILES string of the molecule is O=C(O)CSC1NCNN1. The molecule has 5 nitrogen and oxygen atoms in total. The van der Waals surface area contributed by atoms with Crippen molar-refractivity contribution in [2.75, 3.05) is 12.4 Å². The summed E-state index contributed by atoms with van der Waals surface area (Å²) in [5.74, 6) is -0.674. The number of rotatable bonds is 3. The largest absolute Gasteiger partial charge is 0.481 e. The van der Waals surface area contributed by atoms with Crippen molar-refractivity contribution < 1.29 is 9.90 Å². The summed E-state index contributed by atoms with van der Waals surface area (Å²) >= 11 is 1.31. The van der Waals surface area contributed by atoms with Gasteiger partial charge in [0.2, 0.25) is 0 Å². The minimum absolute atomic E-state index is 0.0242. The maximum absolute atomic E-state index is 10.1. The van der Waals surface area contributed by atoms with E-state index in [-0.39, 0.29) is 11.3 Å². The van der Waals surface area contributed by atoms with Crippen LogP contribution < -0.4 is 16.2 Å². The molecule has 0 aliphatic carbocycles. The summed E-state index contributed by atoms with van der Waals surface area (Å²) in [4.78, 5) is 10.1. The van der Waals surface area contributed by atoms with Crippen molar-refractivity contribution in [1.29, 1.82) is 0 Å². The Bertz CT molecular complexity index is 126. The zero-order valence-corrected chi connectivity index (χ0v) is 6.07. The van der Waals surface area contributed by atoms with Gasteiger partial charge in [0, 0.05) is 0 Å². The van der Waals surface area contributed by atoms with Gasteiger partial charge in [-0.1, -0.05) is 0 Å². The number of carboxylic acids is 1. The Balaban J connectivity index is 2.07. The average molecular weight is 163 g/mol. The number of hydrogen-bond donors (Lipinski definition) is 4. The van der Waals surface area contributed by atoms with E-state index in [1.807, 2.05) is 0 Å². The molecule has 1 saturated heterocycles. The molecule has 0 aromatic heterocycles. The van der Waals surface area contributed by atoms with Gasteiger partial charge in [0.1, 0.15) is 5.50 Å². The van der Waals surface area contributed by atoms with Crippen molar-refractivity contribution in [2.45, 2.75) is 5.50 Å². The summed E-state index contributed by atoms with van der Waals surface area (Å²) in [6, 6.07) is 0. The second-order valence-electron chi connectivity index (χ2n) is 1.79. The van der Waals surface area contributed by atoms with Crippen molar-refractivity contribution in [3.05, 3.63) is 0 Å². The normalized spacial score (nSPS) is 25.0. The molecule has 1 atom stereocenters. The zero-order valence-electron chi connectivity index (χ0n) is 5.26. The Morgan fingerprint density at radius 3 is 3.10 bits per heavy atom. The van der Waals surface area contributed by atoms with E-state index in [2.05, 4.69) is 16.2 Å². The molecule has 0 spiro atoms. The van der Waals surface area contributed by atoms with E-state index in [0.717, 1.165) is 0 Å². The van der Waals surface area contributed by atoms with E-state index in [4.69, 9.17) is 5.11 Å². The van der Waals surface area contributed by atoms with Crippen LogP contribution in [0.5, 0.6) is 0 Å². The van der Waals surface area contributed by atoms with Crippen LogP contribution in [0.3, 0.4) is 0 Å². The van der Waals surface area contributed by atoms with Crippen LogP contribution in [0, 0.1) is 0 Å². The van der Waals surface area contributed by atoms with Gasteiger partial charge >= 0.3 is 5.97 Å². The molecule has 0 aromatic rings. The van der Waals surface area contributed by atoms with Crippen LogP contribution in [0.25, 0.3) is 0 Å². The number of thioether (sulfide) groups is 1. The van der Waals surface area contributed by atoms with Crippen LogP contribution in [0.15, 0.2) is 0 Å². The lowest BCUT2D eigenvalue weighted by Gasteiger charge is -2.05. The third kappa shape index (κ3) is 2.53. The van der Waals surface area contributed by atoms with E-state index < -0.39 is 5.97 Å². The molecule has 1 heterocycles. The molecule has 0 aromatic carbocycles. The molecule has 1 fully saturated rings. The first-order valence-corrected chi connectivity index (χ1v) is 3.89. The molecule has 6 heteroatoms. The molecule has 0 bridgehead atoms. The standard InChI is InChI=1S/C4H9N3O2S/c8-3(9)1-10-4-5-2-6-7-4/h4-7H,1-2H2,(H,8,9). The van der Waals surface area contributed by atoms with Crippen molar-refractivity contribution >= 4 is 17.7 Å². The third-order valence-corrected chi connectivity index (χ3v) is 2.01. The summed E-state index contributed by atoms with van der Waals surface area (Å²) in [6.07, 6.45) is 0. The molecule has 1 unspecified atom stereocenters. The van der Waals surface area contributed by atoms with Crippen molar-refractivity contribution in [3.63, 3.8) is 0 Å². The van der Waals surface area contributed by atoms with Gasteiger partial charge in [-0.05, 0) is 0 Å². The van der Waals surface area contributed by atoms with Gasteiger partial charge in [0.25, 0.3) is 0 Å². The molecule has 58 valence electrons. The van der Waals surface area contributed by atoms with Crippen molar-refractivity contribution in [2.24, 2.45) is 0 Å². The highest BCUT2D eigenvalue weighted by Gasteiger charge is 2.13. The van der Waals surface area contributed by atoms with Gasteiger partial charge in [-0.3, -0.25) is 10.1 Å². The minimum atomic E-state index is -0.791. The van der Waals surface area contributed by atoms with Gasteiger partial charge in [0.15, 0.2) is 0 Å². The van der Waals surface area contributed by atoms with Crippen LogP contribution in [0.2, 0.25) is 0 Å². The second kappa shape index (κ2) is 3.77. The van der Waals surface area contributed by atoms with Gasteiger partial charge < -0.3 is 5.11 Å². The fraction of sp³-hybridized carbons (Fsp3) is 0.750. The highest BCUT2D eigenvalue weighted by molar-refractivity contribution is 8.00. The highest BCUT2D eigenvalue weighted by atomic mass is 32.2. The second-order valence-corrected chi connectivity index (χ2v) is 2.88. The molecule has 0 radical (unpaired) electrons. The molecular weight excluding hydrogens is 154 g/mol. The Kier molecular flexibility index (Phi) is 2.94. The maximum Gasteiger partial charge on any atom is 0.313 e. The monoisotopic (exact) mass is 163 g/mol. The molecule has 1 rings (SSSR count). The number of hydrogen-bond acceptors (Lipinski definition) is 5. The molecule has 0 amide bonds. The molecule has 1 aliphatic rings. The van der Waals surface area contributed by atoms with E-state index in [9.17, 15) is 4.79 Å². The fourth-order valence-corrected chi connectivity index (χ4v) is 1.27. The number of hydrazine groups is 1. The topological polar surface area (TPSA) is 73.4 Å². The van der Waals surface area contributed by atoms with Crippen LogP contribution in [-0.2, 0) is 4.79 Å². The number of carbonyl (C=O) groups is 1. The maximum atomic E-state index is 10.1. The highest BCUT2D eigenvalue weighted by Crippen LogP contribution is 2.04. The predicted octanol–water partition coefficient (Wildman–Crippen LogP) is -1.26. The summed E-state index contributed by atoms with van der Waals surface area (Å²) in [5, 5.41) is 11.3. The van der Waals surface area contributed by atoms with Crippen LogP contribution in [-0.4, -0.2) is 29.0 Å². The van der Waals surface area contributed by atoms with E-state index in [0.29, 0.717) is 6.67 Å². The van der Waals surface area contributed by atoms with Crippen LogP contribution in [0.4, 0.5) is 0 Å². The lowest BCUT2D eigenvalue weighted by Crippen LogP contribution is -2.31. The van der Waals surface area contributed by atoms with Gasteiger partial charge in [-0.25, -0.2) is 10.9 Å². The first-order valence-electron chi connectivity index (χ1n) is 2.84. The molecule has 1 aliphatic heterocycles. The third-order valence-electron chi connectivity index (χ3n) is 0.982. The fourth-order valence-electron chi connectivity index (χ4n) is 0.594. The van der Waals surface area contributed by atoms with E-state index in [1.165, 1.54) is 11.8 Å². The number of carboxylic acid groups (broad SMARTS) is 1. The smallest absolute Gasteiger partial charge is 0.313 e. The summed E-state index contributed by atoms with van der Waals surface area (Å²) < 4.78 is 0. The lowest BCUT2D eigenvalue weighted by molar-refractivity contribution is -0.133. The predicted molar refractivity (Wildman–Crippen MR) is 38.2 cm³/mol. The van der Waals surface area contributed by atoms with Gasteiger partial charge in [-0.2, -0.15) is 0 Å². The summed E-state index contributed by atoms with van der Waals surface area (Å²) in [7, 11) is 0. The zero-order chi connectivity index (χ0) is 7.40. The number of nitrogens with one attached hydrogen (secondary N) is 3. The average Bonchev–Trinajstić information content (AvgIpc) is 2.34. The quantitative estimate of drug-likeness (QED) is 0.416. The first-order chi connectivity index (χ1) is 4.79. The van der Waals surface area contributed by atoms with Gasteiger partial charge in [0.05, 0.1) is 12.4 Å². The Morgan fingerprint density at radius 2 is 2.60 bits per heavy atom. The summed E-state index contributed by atoms with van der Waals surface area (Å²) in [6.45, 7) is 0.678. The van der Waals surface area contributed by atoms with Crippen molar-refractivity contribution in [3.8, 4) is 0 Å². The van der Waals surface area contributed by atoms with E-state index in [1.54, 1.807) is 0 Å². The Hall–Kier alpha value is -0.300. The summed E-state index contributed by atoms with van der Waals surface area (Å²) in [5.41, 5.74) is 5.70. The number of aliphatic carboxylic acids is 1. The lowest BCUT2D eigenvalue weighted by atomic mass is 10.8. The molecule has 0 saturated carbocycles. The first kappa shape index (κ1) is 7.80. The Morgan fingerprint density at radius 1 is 1.80 bits per heavy atom. The van der Waals surface area contributed by atoms with Crippen LogP contribution >= 0.6 is 11.8 Å². The van der Waals surface area contributed by atoms with Gasteiger partial charge in [-0.15, -0.1) is 11.8 Å².